The molecule has 0 spiro atoms. The molecule has 0 bridgehead atoms. The Morgan fingerprint density at radius 1 is 0.507 bits per heavy atom. The summed E-state index contributed by atoms with van der Waals surface area (Å²) in [5.74, 6) is -0.104. The lowest BCUT2D eigenvalue weighted by molar-refractivity contribution is -0.117. The largest absolute Gasteiger partial charge is 0.412 e. The highest BCUT2D eigenvalue weighted by atomic mass is 16.2. The maximum absolute atomic E-state index is 12.0. The van der Waals surface area contributed by atoms with Gasteiger partial charge in [0, 0.05) is 101 Å². The maximum atomic E-state index is 12.0. The van der Waals surface area contributed by atoms with Crippen LogP contribution in [0, 0.1) is 0 Å². The highest BCUT2D eigenvalue weighted by molar-refractivity contribution is 5.92. The SMILES string of the molecule is CC1CN(C(c2ccccc2)c2ccccc2)CCN1CCCCNC(=O)C=Cc1cccnc1.CC1CN(C(c2ccccc2)c2ccccc2)CCN1CCCCNC(=O)C=Cc1cccnc1.O. The number of hydrogen-bond acceptors (Lipinski definition) is 8. The molecule has 2 fully saturated rings. The zero-order valence-electron chi connectivity index (χ0n) is 41.7. The summed E-state index contributed by atoms with van der Waals surface area (Å²) >= 11 is 0. The van der Waals surface area contributed by atoms with E-state index < -0.39 is 0 Å². The first-order chi connectivity index (χ1) is 34.4. The Hall–Kier alpha value is -6.60. The van der Waals surface area contributed by atoms with Gasteiger partial charge in [-0.3, -0.25) is 39.2 Å². The Labute approximate surface area is 422 Å². The molecule has 4 N–H and O–H groups in total. The molecule has 2 aliphatic rings. The molecule has 2 aromatic heterocycles. The first-order valence-corrected chi connectivity index (χ1v) is 25.3. The van der Waals surface area contributed by atoms with Crippen molar-refractivity contribution in [2.24, 2.45) is 0 Å². The van der Waals surface area contributed by atoms with Crippen LogP contribution in [0.4, 0.5) is 0 Å². The highest BCUT2D eigenvalue weighted by Gasteiger charge is 2.31. The maximum Gasteiger partial charge on any atom is 0.243 e. The summed E-state index contributed by atoms with van der Waals surface area (Å²) in [7, 11) is 0. The lowest BCUT2D eigenvalue weighted by Gasteiger charge is -2.43. The summed E-state index contributed by atoms with van der Waals surface area (Å²) in [5, 5.41) is 5.97. The standard InChI is InChI=1S/2C30H36N4O.H2O/c2*1-25-24-34(30(27-12-4-2-5-13-27)28-14-6-3-7-15-28)22-21-33(25)20-9-8-19-32-29(35)17-16-26-11-10-18-31-23-26;/h2*2-7,10-18,23,25,30H,8-9,19-22,24H2,1H3,(H,32,35);1H2. The van der Waals surface area contributed by atoms with E-state index in [-0.39, 0.29) is 29.4 Å². The number of aromatic nitrogens is 2. The second-order valence-corrected chi connectivity index (χ2v) is 18.4. The number of pyridine rings is 2. The second-order valence-electron chi connectivity index (χ2n) is 18.4. The summed E-state index contributed by atoms with van der Waals surface area (Å²) in [6.45, 7) is 14.5. The fourth-order valence-corrected chi connectivity index (χ4v) is 9.66. The minimum Gasteiger partial charge on any atom is -0.412 e. The van der Waals surface area contributed by atoms with Crippen molar-refractivity contribution in [3.8, 4) is 0 Å². The topological polar surface area (TPSA) is 128 Å². The lowest BCUT2D eigenvalue weighted by Crippen LogP contribution is -2.53. The molecule has 8 rings (SSSR count). The molecule has 2 amide bonds. The molecule has 4 aromatic carbocycles. The molecule has 6 aromatic rings. The fraction of sp³-hybridized carbons (Fsp3) is 0.333. The molecule has 2 unspecified atom stereocenters. The quantitative estimate of drug-likeness (QED) is 0.0575. The molecule has 11 nitrogen and oxygen atoms in total. The predicted octanol–water partition coefficient (Wildman–Crippen LogP) is 8.75. The van der Waals surface area contributed by atoms with Crippen LogP contribution in [0.3, 0.4) is 0 Å². The van der Waals surface area contributed by atoms with Crippen LogP contribution in [-0.2, 0) is 9.59 Å². The minimum atomic E-state index is -0.0521. The number of amides is 2. The average molecular weight is 955 g/mol. The van der Waals surface area contributed by atoms with Gasteiger partial charge in [0.25, 0.3) is 0 Å². The smallest absolute Gasteiger partial charge is 0.243 e. The lowest BCUT2D eigenvalue weighted by atomic mass is 9.95. The molecule has 0 aliphatic carbocycles. The molecular weight excluding hydrogens is 881 g/mol. The zero-order valence-corrected chi connectivity index (χ0v) is 41.7. The van der Waals surface area contributed by atoms with Crippen LogP contribution in [-0.4, -0.2) is 124 Å². The third-order valence-electron chi connectivity index (χ3n) is 13.4. The summed E-state index contributed by atoms with van der Waals surface area (Å²) in [6, 6.07) is 52.6. The molecule has 0 saturated carbocycles. The van der Waals surface area contributed by atoms with Crippen LogP contribution in [0.25, 0.3) is 12.2 Å². The van der Waals surface area contributed by atoms with Gasteiger partial charge < -0.3 is 16.1 Å². The number of unbranched alkanes of at least 4 members (excludes halogenated alkanes) is 2. The summed E-state index contributed by atoms with van der Waals surface area (Å²) in [6.07, 6.45) is 17.8. The Bertz CT molecular complexity index is 2210. The Kier molecular flexibility index (Phi) is 22.4. The van der Waals surface area contributed by atoms with Crippen molar-refractivity contribution in [2.45, 2.75) is 63.7 Å². The van der Waals surface area contributed by atoms with Crippen LogP contribution in [0.15, 0.2) is 183 Å². The minimum absolute atomic E-state index is 0. The van der Waals surface area contributed by atoms with Gasteiger partial charge in [-0.15, -0.1) is 0 Å². The van der Waals surface area contributed by atoms with Gasteiger partial charge in [0.2, 0.25) is 11.8 Å². The van der Waals surface area contributed by atoms with Crippen molar-refractivity contribution in [3.05, 3.63) is 216 Å². The third kappa shape index (κ3) is 17.3. The molecule has 372 valence electrons. The van der Waals surface area contributed by atoms with Gasteiger partial charge in [0.05, 0.1) is 12.1 Å². The average Bonchev–Trinajstić information content (AvgIpc) is 3.40. The van der Waals surface area contributed by atoms with E-state index >= 15 is 0 Å². The van der Waals surface area contributed by atoms with Gasteiger partial charge in [-0.25, -0.2) is 0 Å². The van der Waals surface area contributed by atoms with Crippen LogP contribution in [0.1, 0.15) is 85.0 Å². The molecule has 2 aliphatic heterocycles. The van der Waals surface area contributed by atoms with Gasteiger partial charge in [0.15, 0.2) is 0 Å². The molecule has 0 radical (unpaired) electrons. The molecule has 4 heterocycles. The number of rotatable bonds is 20. The first kappa shape index (κ1) is 53.7. The van der Waals surface area contributed by atoms with Crippen LogP contribution in [0.5, 0.6) is 0 Å². The van der Waals surface area contributed by atoms with Crippen molar-refractivity contribution >= 4 is 24.0 Å². The molecular formula is C60H74N8O3. The van der Waals surface area contributed by atoms with E-state index in [1.54, 1.807) is 49.1 Å². The normalized spacial score (nSPS) is 16.9. The fourth-order valence-electron chi connectivity index (χ4n) is 9.66. The molecule has 2 saturated heterocycles. The Morgan fingerprint density at radius 3 is 1.17 bits per heavy atom. The summed E-state index contributed by atoms with van der Waals surface area (Å²) in [4.78, 5) is 42.6. The van der Waals surface area contributed by atoms with E-state index in [9.17, 15) is 9.59 Å². The number of hydrogen-bond donors (Lipinski definition) is 2. The van der Waals surface area contributed by atoms with Gasteiger partial charge in [0.1, 0.15) is 0 Å². The number of carbonyl (C=O) groups excluding carboxylic acids is 2. The van der Waals surface area contributed by atoms with E-state index in [0.29, 0.717) is 25.2 Å². The van der Waals surface area contributed by atoms with Crippen LogP contribution in [0.2, 0.25) is 0 Å². The highest BCUT2D eigenvalue weighted by Crippen LogP contribution is 2.32. The van der Waals surface area contributed by atoms with Crippen LogP contribution >= 0.6 is 0 Å². The number of carbonyl (C=O) groups is 2. The Balaban J connectivity index is 0.000000229. The van der Waals surface area contributed by atoms with E-state index in [1.807, 2.05) is 24.3 Å². The second kappa shape index (κ2) is 29.6. The van der Waals surface area contributed by atoms with E-state index in [1.165, 1.54) is 22.3 Å². The van der Waals surface area contributed by atoms with E-state index in [2.05, 4.69) is 175 Å². The molecule has 11 heteroatoms. The van der Waals surface area contributed by atoms with Gasteiger partial charge >= 0.3 is 0 Å². The zero-order chi connectivity index (χ0) is 48.6. The Morgan fingerprint density at radius 2 is 0.859 bits per heavy atom. The number of benzene rings is 4. The summed E-state index contributed by atoms with van der Waals surface area (Å²) < 4.78 is 0. The number of nitrogens with zero attached hydrogens (tertiary/aromatic N) is 6. The predicted molar refractivity (Wildman–Crippen MR) is 289 cm³/mol. The molecule has 71 heavy (non-hydrogen) atoms. The van der Waals surface area contributed by atoms with Crippen molar-refractivity contribution in [3.63, 3.8) is 0 Å². The number of nitrogens with one attached hydrogen (secondary N) is 2. The van der Waals surface area contributed by atoms with Crippen molar-refractivity contribution < 1.29 is 15.1 Å². The monoisotopic (exact) mass is 955 g/mol. The summed E-state index contributed by atoms with van der Waals surface area (Å²) in [5.41, 5.74) is 7.27. The van der Waals surface area contributed by atoms with Gasteiger partial charge in [-0.05, 0) is 110 Å². The van der Waals surface area contributed by atoms with E-state index in [4.69, 9.17) is 0 Å². The first-order valence-electron chi connectivity index (χ1n) is 25.3. The van der Waals surface area contributed by atoms with Gasteiger partial charge in [-0.2, -0.15) is 0 Å². The van der Waals surface area contributed by atoms with Crippen molar-refractivity contribution in [2.75, 3.05) is 65.4 Å². The van der Waals surface area contributed by atoms with Crippen molar-refractivity contribution in [1.29, 1.82) is 0 Å². The van der Waals surface area contributed by atoms with Gasteiger partial charge in [-0.1, -0.05) is 133 Å². The van der Waals surface area contributed by atoms with E-state index in [0.717, 1.165) is 89.2 Å². The molecule has 2 atom stereocenters. The van der Waals surface area contributed by atoms with Crippen LogP contribution < -0.4 is 10.6 Å². The third-order valence-corrected chi connectivity index (χ3v) is 13.4. The number of piperazine rings is 2. The van der Waals surface area contributed by atoms with Crippen molar-refractivity contribution in [1.82, 2.24) is 40.2 Å².